The third-order valence-corrected chi connectivity index (χ3v) is 6.48. The molecule has 1 aromatic heterocycles. The van der Waals surface area contributed by atoms with Crippen LogP contribution in [0.5, 0.6) is 5.75 Å². The molecule has 2 heterocycles. The first-order valence-electron chi connectivity index (χ1n) is 12.8. The Labute approximate surface area is 214 Å². The summed E-state index contributed by atoms with van der Waals surface area (Å²) in [6.07, 6.45) is 4.57. The minimum atomic E-state index is -1.14. The first kappa shape index (κ1) is 26.1. The number of rotatable bonds is 12. The molecule has 0 aliphatic carbocycles. The summed E-state index contributed by atoms with van der Waals surface area (Å²) in [6.45, 7) is 4.23. The minimum Gasteiger partial charge on any atom is -0.494 e. The highest BCUT2D eigenvalue weighted by molar-refractivity contribution is 5.49. The zero-order valence-electron chi connectivity index (χ0n) is 21.2. The van der Waals surface area contributed by atoms with Gasteiger partial charge in [0.15, 0.2) is 6.30 Å². The fraction of sp³-hybridized carbons (Fsp3) is 0.414. The van der Waals surface area contributed by atoms with E-state index >= 15 is 4.39 Å². The highest BCUT2D eigenvalue weighted by Gasteiger charge is 2.37. The van der Waals surface area contributed by atoms with Gasteiger partial charge in [-0.25, -0.2) is 9.29 Å². The number of halogens is 1. The van der Waals surface area contributed by atoms with E-state index in [1.54, 1.807) is 13.3 Å². The molecule has 1 aliphatic rings. The van der Waals surface area contributed by atoms with Crippen molar-refractivity contribution in [3.63, 3.8) is 0 Å². The number of aryl methyl sites for hydroxylation is 1. The van der Waals surface area contributed by atoms with Gasteiger partial charge in [-0.3, -0.25) is 9.88 Å². The SMILES string of the molecule is CCCOc1cccc(NC(c2cccnc2)N2CC(F)N(CCCc3ccccc3)C(OC)C2)c1. The molecule has 0 spiro atoms. The second kappa shape index (κ2) is 13.3. The Kier molecular flexibility index (Phi) is 9.67. The van der Waals surface area contributed by atoms with E-state index in [4.69, 9.17) is 9.47 Å². The van der Waals surface area contributed by atoms with Gasteiger partial charge < -0.3 is 14.8 Å². The zero-order valence-corrected chi connectivity index (χ0v) is 21.2. The van der Waals surface area contributed by atoms with Gasteiger partial charge in [0.25, 0.3) is 0 Å². The van der Waals surface area contributed by atoms with Crippen LogP contribution in [0.1, 0.15) is 37.1 Å². The van der Waals surface area contributed by atoms with Crippen molar-refractivity contribution >= 4 is 5.69 Å². The summed E-state index contributed by atoms with van der Waals surface area (Å²) in [4.78, 5) is 8.26. The molecule has 0 bridgehead atoms. The highest BCUT2D eigenvalue weighted by atomic mass is 19.1. The lowest BCUT2D eigenvalue weighted by Gasteiger charge is -2.45. The Balaban J connectivity index is 1.47. The molecule has 7 heteroatoms. The van der Waals surface area contributed by atoms with Crippen molar-refractivity contribution in [2.45, 2.75) is 44.9 Å². The van der Waals surface area contributed by atoms with Crippen LogP contribution in [-0.4, -0.2) is 60.7 Å². The van der Waals surface area contributed by atoms with Gasteiger partial charge in [0, 0.05) is 56.5 Å². The molecule has 1 saturated heterocycles. The fourth-order valence-electron chi connectivity index (χ4n) is 4.65. The van der Waals surface area contributed by atoms with Crippen molar-refractivity contribution < 1.29 is 13.9 Å². The molecule has 3 unspecified atom stereocenters. The van der Waals surface area contributed by atoms with E-state index in [2.05, 4.69) is 34.3 Å². The zero-order chi connectivity index (χ0) is 25.2. The van der Waals surface area contributed by atoms with Crippen LogP contribution in [0.3, 0.4) is 0 Å². The summed E-state index contributed by atoms with van der Waals surface area (Å²) in [7, 11) is 1.66. The van der Waals surface area contributed by atoms with E-state index in [1.165, 1.54) is 5.56 Å². The van der Waals surface area contributed by atoms with Crippen LogP contribution in [0.4, 0.5) is 10.1 Å². The van der Waals surface area contributed by atoms with Gasteiger partial charge >= 0.3 is 0 Å². The lowest BCUT2D eigenvalue weighted by Crippen LogP contribution is -2.59. The maximum Gasteiger partial charge on any atom is 0.168 e. The smallest absolute Gasteiger partial charge is 0.168 e. The average Bonchev–Trinajstić information content (AvgIpc) is 2.92. The number of pyridine rings is 1. The number of ether oxygens (including phenoxy) is 2. The first-order valence-corrected chi connectivity index (χ1v) is 12.8. The van der Waals surface area contributed by atoms with Crippen LogP contribution in [0.25, 0.3) is 0 Å². The number of hydrogen-bond donors (Lipinski definition) is 1. The molecule has 3 aromatic rings. The molecule has 36 heavy (non-hydrogen) atoms. The van der Waals surface area contributed by atoms with Crippen molar-refractivity contribution in [1.82, 2.24) is 14.8 Å². The van der Waals surface area contributed by atoms with E-state index in [0.29, 0.717) is 19.7 Å². The average molecular weight is 493 g/mol. The van der Waals surface area contributed by atoms with E-state index in [9.17, 15) is 0 Å². The lowest BCUT2D eigenvalue weighted by molar-refractivity contribution is -0.147. The fourth-order valence-corrected chi connectivity index (χ4v) is 4.65. The topological polar surface area (TPSA) is 49.9 Å². The van der Waals surface area contributed by atoms with Gasteiger partial charge in [-0.2, -0.15) is 0 Å². The molecule has 0 radical (unpaired) electrons. The van der Waals surface area contributed by atoms with Crippen molar-refractivity contribution in [3.8, 4) is 5.75 Å². The van der Waals surface area contributed by atoms with Gasteiger partial charge in [-0.15, -0.1) is 0 Å². The predicted octanol–water partition coefficient (Wildman–Crippen LogP) is 5.50. The standard InChI is InChI=1S/C29H37FN4O2/c1-3-18-36-26-15-7-14-25(19-26)32-29(24-13-8-16-31-20-24)33-21-27(30)34(28(22-33)35-2)17-9-12-23-10-5-4-6-11-23/h4-8,10-11,13-16,19-20,27-29,32H,3,9,12,17-18,21-22H2,1-2H3. The van der Waals surface area contributed by atoms with Gasteiger partial charge in [0.05, 0.1) is 6.61 Å². The minimum absolute atomic E-state index is 0.262. The molecule has 0 saturated carbocycles. The summed E-state index contributed by atoms with van der Waals surface area (Å²) in [5, 5.41) is 3.59. The number of benzene rings is 2. The molecule has 6 nitrogen and oxygen atoms in total. The van der Waals surface area contributed by atoms with Crippen LogP contribution in [-0.2, 0) is 11.2 Å². The number of alkyl halides is 1. The Bertz CT molecular complexity index is 1040. The summed E-state index contributed by atoms with van der Waals surface area (Å²) in [6, 6.07) is 22.2. The van der Waals surface area contributed by atoms with Crippen molar-refractivity contribution in [3.05, 3.63) is 90.3 Å². The second-order valence-corrected chi connectivity index (χ2v) is 9.12. The molecule has 1 fully saturated rings. The third kappa shape index (κ3) is 7.03. The van der Waals surface area contributed by atoms with Crippen LogP contribution in [0, 0.1) is 0 Å². The number of anilines is 1. The number of nitrogens with one attached hydrogen (secondary N) is 1. The van der Waals surface area contributed by atoms with Crippen LogP contribution < -0.4 is 10.1 Å². The largest absolute Gasteiger partial charge is 0.494 e. The van der Waals surface area contributed by atoms with E-state index in [0.717, 1.165) is 36.3 Å². The van der Waals surface area contributed by atoms with Crippen LogP contribution >= 0.6 is 0 Å². The Morgan fingerprint density at radius 2 is 1.94 bits per heavy atom. The summed E-state index contributed by atoms with van der Waals surface area (Å²) in [5.41, 5.74) is 3.15. The van der Waals surface area contributed by atoms with Crippen molar-refractivity contribution in [2.24, 2.45) is 0 Å². The summed E-state index contributed by atoms with van der Waals surface area (Å²) in [5.74, 6) is 0.813. The molecular formula is C29H37FN4O2. The Morgan fingerprint density at radius 3 is 2.69 bits per heavy atom. The van der Waals surface area contributed by atoms with E-state index < -0.39 is 6.30 Å². The molecule has 4 rings (SSSR count). The maximum atomic E-state index is 15.6. The van der Waals surface area contributed by atoms with Crippen LogP contribution in [0.15, 0.2) is 79.1 Å². The summed E-state index contributed by atoms with van der Waals surface area (Å²) < 4.78 is 27.2. The molecule has 1 N–H and O–H groups in total. The number of nitrogens with zero attached hydrogens (tertiary/aromatic N) is 3. The van der Waals surface area contributed by atoms with Crippen molar-refractivity contribution in [2.75, 3.05) is 38.7 Å². The maximum absolute atomic E-state index is 15.6. The van der Waals surface area contributed by atoms with E-state index in [1.807, 2.05) is 65.7 Å². The Morgan fingerprint density at radius 1 is 1.08 bits per heavy atom. The lowest BCUT2D eigenvalue weighted by atomic mass is 10.1. The highest BCUT2D eigenvalue weighted by Crippen LogP contribution is 2.30. The van der Waals surface area contributed by atoms with Gasteiger partial charge in [0.1, 0.15) is 18.1 Å². The number of aromatic nitrogens is 1. The number of piperazine rings is 1. The quantitative estimate of drug-likeness (QED) is 0.337. The predicted molar refractivity (Wildman–Crippen MR) is 142 cm³/mol. The van der Waals surface area contributed by atoms with Gasteiger partial charge in [-0.05, 0) is 43.0 Å². The van der Waals surface area contributed by atoms with Gasteiger partial charge in [-0.1, -0.05) is 49.4 Å². The number of hydrogen-bond acceptors (Lipinski definition) is 6. The molecule has 192 valence electrons. The monoisotopic (exact) mass is 492 g/mol. The number of methoxy groups -OCH3 is 1. The van der Waals surface area contributed by atoms with Crippen molar-refractivity contribution in [1.29, 1.82) is 0 Å². The second-order valence-electron chi connectivity index (χ2n) is 9.12. The van der Waals surface area contributed by atoms with E-state index in [-0.39, 0.29) is 18.9 Å². The molecule has 0 amide bonds. The third-order valence-electron chi connectivity index (χ3n) is 6.48. The molecule has 3 atom stereocenters. The Hall–Kier alpha value is -3.00. The first-order chi connectivity index (χ1) is 17.7. The van der Waals surface area contributed by atoms with Gasteiger partial charge in [0.2, 0.25) is 0 Å². The molecular weight excluding hydrogens is 455 g/mol. The normalized spacial score (nSPS) is 19.6. The molecule has 2 aromatic carbocycles. The summed E-state index contributed by atoms with van der Waals surface area (Å²) >= 11 is 0. The molecule has 1 aliphatic heterocycles. The van der Waals surface area contributed by atoms with Crippen LogP contribution in [0.2, 0.25) is 0 Å².